The average Bonchev–Trinajstić information content (AvgIpc) is 3.04. The molecule has 1 amide bonds. The van der Waals surface area contributed by atoms with Gasteiger partial charge < -0.3 is 20.5 Å². The summed E-state index contributed by atoms with van der Waals surface area (Å²) in [5, 5.41) is 2.69. The van der Waals surface area contributed by atoms with Crippen molar-refractivity contribution in [1.29, 1.82) is 0 Å². The molecule has 0 aliphatic heterocycles. The van der Waals surface area contributed by atoms with Crippen LogP contribution in [0.15, 0.2) is 48.5 Å². The van der Waals surface area contributed by atoms with Gasteiger partial charge in [0, 0.05) is 5.92 Å². The zero-order valence-electron chi connectivity index (χ0n) is 18.5. The maximum Gasteiger partial charge on any atom is 0.407 e. The van der Waals surface area contributed by atoms with Crippen LogP contribution in [0, 0.1) is 0 Å². The number of unbranched alkanes of at least 4 members (excludes halogenated alkanes) is 1. The second-order valence-electron chi connectivity index (χ2n) is 8.84. The first kappa shape index (κ1) is 22.8. The average molecular weight is 425 g/mol. The predicted molar refractivity (Wildman–Crippen MR) is 121 cm³/mol. The Labute approximate surface area is 184 Å². The third-order valence-electron chi connectivity index (χ3n) is 5.27. The Bertz CT molecular complexity index is 874. The summed E-state index contributed by atoms with van der Waals surface area (Å²) in [6.07, 6.45) is 1.32. The fourth-order valence-electron chi connectivity index (χ4n) is 3.90. The van der Waals surface area contributed by atoms with E-state index in [1.165, 1.54) is 11.1 Å². The minimum atomic E-state index is -0.763. The monoisotopic (exact) mass is 424 g/mol. The van der Waals surface area contributed by atoms with Crippen LogP contribution in [0.1, 0.15) is 57.1 Å². The van der Waals surface area contributed by atoms with E-state index in [1.54, 1.807) is 20.8 Å². The molecule has 31 heavy (non-hydrogen) atoms. The maximum absolute atomic E-state index is 12.6. The van der Waals surface area contributed by atoms with Crippen molar-refractivity contribution < 1.29 is 19.1 Å². The fraction of sp³-hybridized carbons (Fsp3) is 0.440. The van der Waals surface area contributed by atoms with E-state index < -0.39 is 23.7 Å². The van der Waals surface area contributed by atoms with Crippen LogP contribution in [-0.4, -0.2) is 36.9 Å². The molecule has 0 fully saturated rings. The van der Waals surface area contributed by atoms with Gasteiger partial charge in [0.05, 0.1) is 0 Å². The highest BCUT2D eigenvalue weighted by atomic mass is 16.6. The van der Waals surface area contributed by atoms with Crippen LogP contribution in [0.4, 0.5) is 4.79 Å². The standard InChI is InChI=1S/C25H32N2O4/c1-25(2,3)31-23(28)22(14-8-9-15-26)27-24(29)30-16-21-19-12-6-4-10-17(19)18-11-5-7-13-20(18)21/h4-7,10-13,21-22H,8-9,14-16,26H2,1-3H3,(H,27,29). The molecular weight excluding hydrogens is 392 g/mol. The van der Waals surface area contributed by atoms with Gasteiger partial charge in [-0.2, -0.15) is 0 Å². The van der Waals surface area contributed by atoms with Gasteiger partial charge in [-0.25, -0.2) is 9.59 Å². The maximum atomic E-state index is 12.6. The molecular formula is C25H32N2O4. The highest BCUT2D eigenvalue weighted by molar-refractivity contribution is 5.82. The number of esters is 1. The summed E-state index contributed by atoms with van der Waals surface area (Å²) >= 11 is 0. The minimum Gasteiger partial charge on any atom is -0.458 e. The summed E-state index contributed by atoms with van der Waals surface area (Å²) in [6, 6.07) is 15.6. The Balaban J connectivity index is 1.65. The van der Waals surface area contributed by atoms with E-state index in [2.05, 4.69) is 29.6 Å². The summed E-state index contributed by atoms with van der Waals surface area (Å²) < 4.78 is 11.0. The lowest BCUT2D eigenvalue weighted by atomic mass is 9.98. The quantitative estimate of drug-likeness (QED) is 0.485. The zero-order chi connectivity index (χ0) is 22.4. The highest BCUT2D eigenvalue weighted by Gasteiger charge is 2.30. The summed E-state index contributed by atoms with van der Waals surface area (Å²) in [7, 11) is 0. The van der Waals surface area contributed by atoms with E-state index in [0.29, 0.717) is 19.4 Å². The van der Waals surface area contributed by atoms with E-state index in [-0.39, 0.29) is 12.5 Å². The van der Waals surface area contributed by atoms with E-state index in [4.69, 9.17) is 15.2 Å². The molecule has 0 radical (unpaired) electrons. The molecule has 0 saturated carbocycles. The fourth-order valence-corrected chi connectivity index (χ4v) is 3.90. The first-order valence-corrected chi connectivity index (χ1v) is 10.8. The molecule has 2 aromatic rings. The second kappa shape index (κ2) is 9.96. The Morgan fingerprint density at radius 2 is 1.58 bits per heavy atom. The number of rotatable bonds is 8. The van der Waals surface area contributed by atoms with Gasteiger partial charge in [-0.15, -0.1) is 0 Å². The van der Waals surface area contributed by atoms with Crippen molar-refractivity contribution in [1.82, 2.24) is 5.32 Å². The topological polar surface area (TPSA) is 90.6 Å². The number of nitrogens with two attached hydrogens (primary N) is 1. The smallest absolute Gasteiger partial charge is 0.407 e. The van der Waals surface area contributed by atoms with Gasteiger partial charge in [-0.3, -0.25) is 0 Å². The molecule has 1 aliphatic rings. The SMILES string of the molecule is CC(C)(C)OC(=O)C(CCCCN)NC(=O)OCC1c2ccccc2-c2ccccc21. The van der Waals surface area contributed by atoms with Gasteiger partial charge in [0.25, 0.3) is 0 Å². The van der Waals surface area contributed by atoms with E-state index in [9.17, 15) is 9.59 Å². The molecule has 3 N–H and O–H groups in total. The van der Waals surface area contributed by atoms with Crippen molar-refractivity contribution in [2.24, 2.45) is 5.73 Å². The van der Waals surface area contributed by atoms with Crippen molar-refractivity contribution in [2.75, 3.05) is 13.2 Å². The van der Waals surface area contributed by atoms with Crippen LogP contribution in [-0.2, 0) is 14.3 Å². The van der Waals surface area contributed by atoms with Crippen molar-refractivity contribution in [3.8, 4) is 11.1 Å². The number of carbonyl (C=O) groups excluding carboxylic acids is 2. The normalized spacial score (nSPS) is 13.8. The van der Waals surface area contributed by atoms with Gasteiger partial charge in [-0.05, 0) is 68.8 Å². The van der Waals surface area contributed by atoms with E-state index in [1.807, 2.05) is 24.3 Å². The van der Waals surface area contributed by atoms with Crippen LogP contribution >= 0.6 is 0 Å². The van der Waals surface area contributed by atoms with Crippen LogP contribution in [0.25, 0.3) is 11.1 Å². The lowest BCUT2D eigenvalue weighted by Crippen LogP contribution is -2.44. The van der Waals surface area contributed by atoms with Crippen molar-refractivity contribution in [3.05, 3.63) is 59.7 Å². The molecule has 0 saturated heterocycles. The first-order valence-electron chi connectivity index (χ1n) is 10.8. The summed E-state index contributed by atoms with van der Waals surface area (Å²) in [6.45, 7) is 6.13. The summed E-state index contributed by atoms with van der Waals surface area (Å²) in [5.41, 5.74) is 9.55. The number of carbonyl (C=O) groups is 2. The molecule has 3 rings (SSSR count). The molecule has 0 bridgehead atoms. The Morgan fingerprint density at radius 1 is 1.00 bits per heavy atom. The Hall–Kier alpha value is -2.86. The summed E-state index contributed by atoms with van der Waals surface area (Å²) in [4.78, 5) is 25.1. The number of nitrogens with one attached hydrogen (secondary N) is 1. The second-order valence-corrected chi connectivity index (χ2v) is 8.84. The largest absolute Gasteiger partial charge is 0.458 e. The van der Waals surface area contributed by atoms with E-state index in [0.717, 1.165) is 17.5 Å². The number of benzene rings is 2. The van der Waals surface area contributed by atoms with Gasteiger partial charge >= 0.3 is 12.1 Å². The first-order chi connectivity index (χ1) is 14.8. The third kappa shape index (κ3) is 5.85. The lowest BCUT2D eigenvalue weighted by molar-refractivity contribution is -0.157. The Morgan fingerprint density at radius 3 is 2.13 bits per heavy atom. The molecule has 1 aliphatic carbocycles. The van der Waals surface area contributed by atoms with Crippen molar-refractivity contribution in [3.63, 3.8) is 0 Å². The molecule has 2 aromatic carbocycles. The predicted octanol–water partition coefficient (Wildman–Crippen LogP) is 4.36. The number of hydrogen-bond acceptors (Lipinski definition) is 5. The molecule has 6 heteroatoms. The molecule has 1 atom stereocenters. The molecule has 6 nitrogen and oxygen atoms in total. The van der Waals surface area contributed by atoms with Crippen LogP contribution in [0.2, 0.25) is 0 Å². The van der Waals surface area contributed by atoms with Crippen LogP contribution in [0.3, 0.4) is 0 Å². The molecule has 0 heterocycles. The van der Waals surface area contributed by atoms with Crippen LogP contribution < -0.4 is 11.1 Å². The zero-order valence-corrected chi connectivity index (χ0v) is 18.5. The minimum absolute atomic E-state index is 0.0321. The van der Waals surface area contributed by atoms with Gasteiger partial charge in [0.1, 0.15) is 18.2 Å². The molecule has 1 unspecified atom stereocenters. The number of alkyl carbamates (subject to hydrolysis) is 1. The lowest BCUT2D eigenvalue weighted by Gasteiger charge is -2.24. The van der Waals surface area contributed by atoms with Gasteiger partial charge in [-0.1, -0.05) is 48.5 Å². The number of amides is 1. The Kier molecular flexibility index (Phi) is 7.33. The summed E-state index contributed by atoms with van der Waals surface area (Å²) in [5.74, 6) is -0.492. The van der Waals surface area contributed by atoms with E-state index >= 15 is 0 Å². The van der Waals surface area contributed by atoms with Gasteiger partial charge in [0.15, 0.2) is 0 Å². The molecule has 166 valence electrons. The van der Waals surface area contributed by atoms with Crippen molar-refractivity contribution >= 4 is 12.1 Å². The number of hydrogen-bond donors (Lipinski definition) is 2. The number of ether oxygens (including phenoxy) is 2. The third-order valence-corrected chi connectivity index (χ3v) is 5.27. The van der Waals surface area contributed by atoms with Crippen molar-refractivity contribution in [2.45, 2.75) is 57.6 Å². The van der Waals surface area contributed by atoms with Gasteiger partial charge in [0.2, 0.25) is 0 Å². The molecule has 0 aromatic heterocycles. The molecule has 0 spiro atoms. The highest BCUT2D eigenvalue weighted by Crippen LogP contribution is 2.44. The number of fused-ring (bicyclic) bond motifs is 3. The van der Waals surface area contributed by atoms with Crippen LogP contribution in [0.5, 0.6) is 0 Å².